The van der Waals surface area contributed by atoms with Crippen LogP contribution in [0, 0.1) is 5.92 Å². The molecule has 0 aliphatic heterocycles. The molecule has 1 N–H and O–H groups in total. The Bertz CT molecular complexity index is 1050. The highest BCUT2D eigenvalue weighted by Gasteiger charge is 2.22. The number of aromatic nitrogens is 2. The van der Waals surface area contributed by atoms with E-state index in [1.54, 1.807) is 30.7 Å². The highest BCUT2D eigenvalue weighted by atomic mass is 35.5. The Hall–Kier alpha value is -2.90. The molecule has 0 atom stereocenters. The SMILES string of the molecule is O=C(Cc1cccnc1)NC/C=C/c1cnc(Oc2ccc(OCC3CC3)cc2Cl)s1. The number of pyridine rings is 1. The Morgan fingerprint density at radius 3 is 2.97 bits per heavy atom. The van der Waals surface area contributed by atoms with Crippen molar-refractivity contribution in [2.75, 3.05) is 13.2 Å². The van der Waals surface area contributed by atoms with E-state index in [0.717, 1.165) is 22.8 Å². The summed E-state index contributed by atoms with van der Waals surface area (Å²) in [5.74, 6) is 1.92. The maximum Gasteiger partial charge on any atom is 0.279 e. The minimum absolute atomic E-state index is 0.0508. The smallest absolute Gasteiger partial charge is 0.279 e. The van der Waals surface area contributed by atoms with Crippen LogP contribution in [0.15, 0.2) is 55.0 Å². The average Bonchev–Trinajstić information content (AvgIpc) is 3.50. The van der Waals surface area contributed by atoms with Crippen molar-refractivity contribution in [2.45, 2.75) is 19.3 Å². The molecule has 6 nitrogen and oxygen atoms in total. The normalized spacial score (nSPS) is 13.3. The molecule has 0 spiro atoms. The van der Waals surface area contributed by atoms with Crippen LogP contribution in [0.4, 0.5) is 0 Å². The fraction of sp³-hybridized carbons (Fsp3) is 0.261. The van der Waals surface area contributed by atoms with Gasteiger partial charge in [0.25, 0.3) is 5.19 Å². The zero-order valence-corrected chi connectivity index (χ0v) is 18.4. The van der Waals surface area contributed by atoms with Crippen molar-refractivity contribution >= 4 is 34.9 Å². The second kappa shape index (κ2) is 10.4. The Labute approximate surface area is 189 Å². The lowest BCUT2D eigenvalue weighted by Gasteiger charge is -2.08. The van der Waals surface area contributed by atoms with Crippen LogP contribution in [0.1, 0.15) is 23.3 Å². The number of nitrogens with one attached hydrogen (secondary N) is 1. The largest absolute Gasteiger partial charge is 0.493 e. The number of thiazole rings is 1. The summed E-state index contributed by atoms with van der Waals surface area (Å²) in [6.07, 6.45) is 11.7. The summed E-state index contributed by atoms with van der Waals surface area (Å²) in [6.45, 7) is 1.17. The van der Waals surface area contributed by atoms with Gasteiger partial charge in [-0.2, -0.15) is 0 Å². The summed E-state index contributed by atoms with van der Waals surface area (Å²) in [5.41, 5.74) is 0.884. The van der Waals surface area contributed by atoms with E-state index in [1.807, 2.05) is 30.4 Å². The van der Waals surface area contributed by atoms with Gasteiger partial charge in [0.05, 0.1) is 22.9 Å². The lowest BCUT2D eigenvalue weighted by atomic mass is 10.2. The van der Waals surface area contributed by atoms with Crippen molar-refractivity contribution in [3.8, 4) is 16.7 Å². The zero-order chi connectivity index (χ0) is 21.5. The van der Waals surface area contributed by atoms with Gasteiger partial charge in [0.1, 0.15) is 11.5 Å². The number of ether oxygens (including phenoxy) is 2. The molecule has 3 aromatic rings. The molecular weight excluding hydrogens is 434 g/mol. The van der Waals surface area contributed by atoms with Crippen molar-refractivity contribution < 1.29 is 14.3 Å². The van der Waals surface area contributed by atoms with Crippen LogP contribution in [0.3, 0.4) is 0 Å². The Morgan fingerprint density at radius 1 is 1.29 bits per heavy atom. The number of benzene rings is 1. The van der Waals surface area contributed by atoms with Gasteiger partial charge >= 0.3 is 0 Å². The summed E-state index contributed by atoms with van der Waals surface area (Å²) in [7, 11) is 0. The standard InChI is InChI=1S/C23H22ClN3O3S/c24-20-12-18(29-15-16-5-6-16)7-8-21(20)30-23-27-14-19(31-23)4-2-10-26-22(28)11-17-3-1-9-25-13-17/h1-4,7-9,12-14,16H,5-6,10-11,15H2,(H,26,28)/b4-2+. The molecule has 1 aliphatic carbocycles. The lowest BCUT2D eigenvalue weighted by molar-refractivity contribution is -0.120. The van der Waals surface area contributed by atoms with Gasteiger partial charge in [-0.3, -0.25) is 9.78 Å². The van der Waals surface area contributed by atoms with Crippen molar-refractivity contribution in [1.82, 2.24) is 15.3 Å². The molecule has 0 radical (unpaired) electrons. The Balaban J connectivity index is 1.23. The summed E-state index contributed by atoms with van der Waals surface area (Å²) >= 11 is 7.71. The highest BCUT2D eigenvalue weighted by Crippen LogP contribution is 2.35. The van der Waals surface area contributed by atoms with E-state index in [-0.39, 0.29) is 5.91 Å². The Kier molecular flexibility index (Phi) is 7.17. The molecule has 1 fully saturated rings. The summed E-state index contributed by atoms with van der Waals surface area (Å²) in [5, 5.41) is 3.83. The number of carbonyl (C=O) groups excluding carboxylic acids is 1. The van der Waals surface area contributed by atoms with Crippen LogP contribution in [0.2, 0.25) is 5.02 Å². The van der Waals surface area contributed by atoms with Gasteiger partial charge in [-0.15, -0.1) is 0 Å². The first-order valence-corrected chi connectivity index (χ1v) is 11.2. The first kappa shape index (κ1) is 21.3. The molecule has 4 rings (SSSR count). The highest BCUT2D eigenvalue weighted by molar-refractivity contribution is 7.14. The van der Waals surface area contributed by atoms with Gasteiger partial charge < -0.3 is 14.8 Å². The number of amides is 1. The fourth-order valence-corrected chi connectivity index (χ4v) is 3.66. The quantitative estimate of drug-likeness (QED) is 0.458. The zero-order valence-electron chi connectivity index (χ0n) is 16.8. The molecule has 8 heteroatoms. The lowest BCUT2D eigenvalue weighted by Crippen LogP contribution is -2.25. The van der Waals surface area contributed by atoms with Crippen molar-refractivity contribution in [3.05, 3.63) is 70.5 Å². The minimum Gasteiger partial charge on any atom is -0.493 e. The van der Waals surface area contributed by atoms with E-state index < -0.39 is 0 Å². The van der Waals surface area contributed by atoms with Crippen LogP contribution < -0.4 is 14.8 Å². The maximum atomic E-state index is 11.9. The van der Waals surface area contributed by atoms with Gasteiger partial charge in [-0.1, -0.05) is 35.1 Å². The number of rotatable bonds is 10. The molecule has 31 heavy (non-hydrogen) atoms. The van der Waals surface area contributed by atoms with Gasteiger partial charge in [-0.25, -0.2) is 4.98 Å². The molecular formula is C23H22ClN3O3S. The van der Waals surface area contributed by atoms with Crippen LogP contribution in [0.25, 0.3) is 6.08 Å². The Morgan fingerprint density at radius 2 is 2.19 bits per heavy atom. The molecule has 1 amide bonds. The fourth-order valence-electron chi connectivity index (χ4n) is 2.74. The van der Waals surface area contributed by atoms with E-state index >= 15 is 0 Å². The number of carbonyl (C=O) groups is 1. The van der Waals surface area contributed by atoms with E-state index in [0.29, 0.717) is 34.8 Å². The molecule has 0 bridgehead atoms. The third-order valence-electron chi connectivity index (χ3n) is 4.57. The van der Waals surface area contributed by atoms with Gasteiger partial charge in [0.2, 0.25) is 5.91 Å². The number of hydrogen-bond acceptors (Lipinski definition) is 6. The predicted molar refractivity (Wildman–Crippen MR) is 122 cm³/mol. The minimum atomic E-state index is -0.0508. The van der Waals surface area contributed by atoms with Crippen LogP contribution in [-0.4, -0.2) is 29.0 Å². The van der Waals surface area contributed by atoms with E-state index in [9.17, 15) is 4.79 Å². The molecule has 0 unspecified atom stereocenters. The van der Waals surface area contributed by atoms with Crippen molar-refractivity contribution in [1.29, 1.82) is 0 Å². The van der Waals surface area contributed by atoms with E-state index in [2.05, 4.69) is 15.3 Å². The molecule has 1 aromatic carbocycles. The molecule has 0 saturated heterocycles. The second-order valence-electron chi connectivity index (χ2n) is 7.22. The molecule has 2 aromatic heterocycles. The third-order valence-corrected chi connectivity index (χ3v) is 5.71. The number of hydrogen-bond donors (Lipinski definition) is 1. The van der Waals surface area contributed by atoms with E-state index in [1.165, 1.54) is 24.2 Å². The van der Waals surface area contributed by atoms with Crippen molar-refractivity contribution in [2.24, 2.45) is 5.92 Å². The topological polar surface area (TPSA) is 73.3 Å². The van der Waals surface area contributed by atoms with Gasteiger partial charge in [-0.05, 0) is 48.6 Å². The first-order valence-electron chi connectivity index (χ1n) is 10.0. The molecule has 1 saturated carbocycles. The van der Waals surface area contributed by atoms with Crippen LogP contribution >= 0.6 is 22.9 Å². The van der Waals surface area contributed by atoms with Gasteiger partial charge in [0, 0.05) is 31.2 Å². The predicted octanol–water partition coefficient (Wildman–Crippen LogP) is 5.14. The van der Waals surface area contributed by atoms with Gasteiger partial charge in [0.15, 0.2) is 0 Å². The molecule has 2 heterocycles. The summed E-state index contributed by atoms with van der Waals surface area (Å²) < 4.78 is 11.5. The van der Waals surface area contributed by atoms with Crippen LogP contribution in [-0.2, 0) is 11.2 Å². The molecule has 160 valence electrons. The monoisotopic (exact) mass is 455 g/mol. The number of halogens is 1. The first-order chi connectivity index (χ1) is 15.2. The second-order valence-corrected chi connectivity index (χ2v) is 8.65. The average molecular weight is 456 g/mol. The van der Waals surface area contributed by atoms with Crippen molar-refractivity contribution in [3.63, 3.8) is 0 Å². The third kappa shape index (κ3) is 6.80. The summed E-state index contributed by atoms with van der Waals surface area (Å²) in [6, 6.07) is 9.10. The van der Waals surface area contributed by atoms with Crippen LogP contribution in [0.5, 0.6) is 16.7 Å². The van der Waals surface area contributed by atoms with E-state index in [4.69, 9.17) is 21.1 Å². The summed E-state index contributed by atoms with van der Waals surface area (Å²) in [4.78, 5) is 21.1. The number of nitrogens with zero attached hydrogens (tertiary/aromatic N) is 2. The molecule has 1 aliphatic rings. The maximum absolute atomic E-state index is 11.9.